The molecule has 146 valence electrons. The first-order valence-corrected chi connectivity index (χ1v) is 10.7. The number of benzene rings is 4. The molecule has 4 aromatic rings. The molecule has 0 fully saturated rings. The molecule has 0 unspecified atom stereocenters. The molecule has 0 N–H and O–H groups in total. The van der Waals surface area contributed by atoms with Gasteiger partial charge in [-0.05, 0) is 65.9 Å². The minimum atomic E-state index is 0.193. The average Bonchev–Trinajstić information content (AvgIpc) is 3.29. The molecule has 0 aromatic heterocycles. The highest BCUT2D eigenvalue weighted by Crippen LogP contribution is 2.54. The van der Waals surface area contributed by atoms with Gasteiger partial charge < -0.3 is 9.80 Å². The van der Waals surface area contributed by atoms with Crippen molar-refractivity contribution in [2.75, 3.05) is 9.80 Å². The first kappa shape index (κ1) is 17.3. The highest BCUT2D eigenvalue weighted by molar-refractivity contribution is 5.96. The molecule has 2 aliphatic rings. The number of para-hydroxylation sites is 2. The second-order valence-electron chi connectivity index (χ2n) is 8.29. The van der Waals surface area contributed by atoms with Crippen molar-refractivity contribution in [3.63, 3.8) is 0 Å². The van der Waals surface area contributed by atoms with Crippen LogP contribution in [0.4, 0.5) is 22.7 Å². The van der Waals surface area contributed by atoms with E-state index < -0.39 is 0 Å². The summed E-state index contributed by atoms with van der Waals surface area (Å²) in [5.74, 6) is 0. The van der Waals surface area contributed by atoms with Gasteiger partial charge in [-0.2, -0.15) is 0 Å². The van der Waals surface area contributed by atoms with Crippen LogP contribution in [0.15, 0.2) is 91.0 Å². The smallest absolute Gasteiger partial charge is 0.108 e. The van der Waals surface area contributed by atoms with Crippen LogP contribution in [0.1, 0.15) is 23.6 Å². The summed E-state index contributed by atoms with van der Waals surface area (Å²) >= 11 is 0. The summed E-state index contributed by atoms with van der Waals surface area (Å²) in [5, 5.41) is 0. The lowest BCUT2D eigenvalue weighted by Gasteiger charge is -2.31. The lowest BCUT2D eigenvalue weighted by molar-refractivity contribution is 0.758. The van der Waals surface area contributed by atoms with Crippen molar-refractivity contribution in [2.24, 2.45) is 0 Å². The fraction of sp³-hybridized carbons (Fsp3) is 0.143. The molecular weight excluding hydrogens is 364 g/mol. The van der Waals surface area contributed by atoms with Gasteiger partial charge in [-0.15, -0.1) is 0 Å². The predicted octanol–water partition coefficient (Wildman–Crippen LogP) is 7.20. The topological polar surface area (TPSA) is 6.48 Å². The number of rotatable bonds is 2. The minimum Gasteiger partial charge on any atom is -0.319 e. The molecule has 0 radical (unpaired) electrons. The molecule has 30 heavy (non-hydrogen) atoms. The van der Waals surface area contributed by atoms with Crippen molar-refractivity contribution in [3.05, 3.63) is 108 Å². The number of nitrogens with zero attached hydrogens (tertiary/aromatic N) is 2. The van der Waals surface area contributed by atoms with Crippen molar-refractivity contribution < 1.29 is 0 Å². The third-order valence-electron chi connectivity index (χ3n) is 6.59. The zero-order chi connectivity index (χ0) is 20.2. The number of hydrogen-bond donors (Lipinski definition) is 0. The van der Waals surface area contributed by atoms with Crippen LogP contribution in [0.25, 0.3) is 11.1 Å². The Morgan fingerprint density at radius 3 is 2.23 bits per heavy atom. The minimum absolute atomic E-state index is 0.193. The van der Waals surface area contributed by atoms with Crippen molar-refractivity contribution in [3.8, 4) is 11.1 Å². The van der Waals surface area contributed by atoms with Crippen LogP contribution in [0.3, 0.4) is 0 Å². The average molecular weight is 389 g/mol. The molecule has 2 nitrogen and oxygen atoms in total. The molecule has 0 bridgehead atoms. The number of fused-ring (bicyclic) bond motifs is 5. The van der Waals surface area contributed by atoms with Gasteiger partial charge in [0.05, 0.1) is 11.4 Å². The maximum atomic E-state index is 2.54. The Bertz CT molecular complexity index is 1260. The van der Waals surface area contributed by atoms with E-state index in [4.69, 9.17) is 0 Å². The zero-order valence-corrected chi connectivity index (χ0v) is 17.3. The Kier molecular flexibility index (Phi) is 3.76. The third-order valence-corrected chi connectivity index (χ3v) is 6.59. The Balaban J connectivity index is 1.62. The summed E-state index contributed by atoms with van der Waals surface area (Å²) < 4.78 is 0. The molecule has 0 saturated carbocycles. The highest BCUT2D eigenvalue weighted by atomic mass is 15.4. The van der Waals surface area contributed by atoms with E-state index in [1.54, 1.807) is 0 Å². The summed E-state index contributed by atoms with van der Waals surface area (Å²) in [7, 11) is 0. The second-order valence-corrected chi connectivity index (χ2v) is 8.29. The van der Waals surface area contributed by atoms with Crippen LogP contribution in [0.2, 0.25) is 0 Å². The van der Waals surface area contributed by atoms with Crippen LogP contribution < -0.4 is 9.80 Å². The molecular formula is C28H24N2. The summed E-state index contributed by atoms with van der Waals surface area (Å²) in [5.41, 5.74) is 12.1. The Hall–Kier alpha value is -3.52. The summed E-state index contributed by atoms with van der Waals surface area (Å²) in [6.07, 6.45) is 1.19. The van der Waals surface area contributed by atoms with E-state index in [1.165, 1.54) is 50.6 Å². The van der Waals surface area contributed by atoms with Crippen LogP contribution in [-0.2, 0) is 6.42 Å². The van der Waals surface area contributed by atoms with Crippen LogP contribution >= 0.6 is 0 Å². The van der Waals surface area contributed by atoms with Gasteiger partial charge in [0, 0.05) is 17.8 Å². The first-order valence-electron chi connectivity index (χ1n) is 10.7. The maximum Gasteiger partial charge on any atom is 0.108 e. The van der Waals surface area contributed by atoms with E-state index in [2.05, 4.69) is 115 Å². The molecule has 6 rings (SSSR count). The molecule has 1 aliphatic carbocycles. The fourth-order valence-corrected chi connectivity index (χ4v) is 5.25. The summed E-state index contributed by atoms with van der Waals surface area (Å²) in [6.45, 7) is 4.53. The lowest BCUT2D eigenvalue weighted by atomic mass is 10.0. The lowest BCUT2D eigenvalue weighted by Crippen LogP contribution is -2.35. The van der Waals surface area contributed by atoms with Gasteiger partial charge in [0.25, 0.3) is 0 Å². The van der Waals surface area contributed by atoms with E-state index in [0.29, 0.717) is 0 Å². The van der Waals surface area contributed by atoms with Crippen molar-refractivity contribution in [1.82, 2.24) is 0 Å². The summed E-state index contributed by atoms with van der Waals surface area (Å²) in [4.78, 5) is 5.02. The molecule has 1 atom stereocenters. The highest BCUT2D eigenvalue weighted by Gasteiger charge is 2.39. The molecule has 4 aromatic carbocycles. The predicted molar refractivity (Wildman–Crippen MR) is 126 cm³/mol. The SMILES string of the molecule is Cc1ccccc1N1c2c(ccc3c2Cc2ccccc2-3)N(c2ccccc2)[C@@H]1C. The van der Waals surface area contributed by atoms with Gasteiger partial charge in [0.1, 0.15) is 6.17 Å². The van der Waals surface area contributed by atoms with E-state index in [-0.39, 0.29) is 6.17 Å². The van der Waals surface area contributed by atoms with E-state index in [1.807, 2.05) is 0 Å². The largest absolute Gasteiger partial charge is 0.319 e. The standard InChI is InChI=1S/C28H24N2/c1-19-10-6-9-15-26(19)30-20(2)29(22-12-4-3-5-13-22)27-17-16-24-23-14-8-7-11-21(23)18-25(24)28(27)30/h3-17,20H,18H2,1-2H3/t20-/m0/s1. The normalized spacial score (nSPS) is 16.4. The van der Waals surface area contributed by atoms with Crippen molar-refractivity contribution in [1.29, 1.82) is 0 Å². The van der Waals surface area contributed by atoms with E-state index >= 15 is 0 Å². The number of hydrogen-bond acceptors (Lipinski definition) is 2. The van der Waals surface area contributed by atoms with Gasteiger partial charge in [-0.3, -0.25) is 0 Å². The molecule has 2 heteroatoms. The first-order chi connectivity index (χ1) is 14.7. The van der Waals surface area contributed by atoms with E-state index in [0.717, 1.165) is 6.42 Å². The molecule has 1 aliphatic heterocycles. The van der Waals surface area contributed by atoms with Crippen LogP contribution in [-0.4, -0.2) is 6.17 Å². The maximum absolute atomic E-state index is 2.54. The van der Waals surface area contributed by atoms with E-state index in [9.17, 15) is 0 Å². The third kappa shape index (κ3) is 2.37. The van der Waals surface area contributed by atoms with Gasteiger partial charge in [-0.1, -0.05) is 66.7 Å². The van der Waals surface area contributed by atoms with Crippen LogP contribution in [0, 0.1) is 6.92 Å². The molecule has 0 saturated heterocycles. The number of anilines is 4. The van der Waals surface area contributed by atoms with Gasteiger partial charge in [0.2, 0.25) is 0 Å². The zero-order valence-electron chi connectivity index (χ0n) is 17.3. The quantitative estimate of drug-likeness (QED) is 0.315. The molecule has 1 heterocycles. The number of aryl methyl sites for hydroxylation is 1. The monoisotopic (exact) mass is 388 g/mol. The van der Waals surface area contributed by atoms with Crippen LogP contribution in [0.5, 0.6) is 0 Å². The van der Waals surface area contributed by atoms with Gasteiger partial charge in [-0.25, -0.2) is 0 Å². The second kappa shape index (κ2) is 6.50. The van der Waals surface area contributed by atoms with Crippen molar-refractivity contribution >= 4 is 22.7 Å². The summed E-state index contributed by atoms with van der Waals surface area (Å²) in [6, 6.07) is 33.0. The Labute approximate surface area is 178 Å². The Morgan fingerprint density at radius 2 is 1.40 bits per heavy atom. The Morgan fingerprint density at radius 1 is 0.667 bits per heavy atom. The fourth-order valence-electron chi connectivity index (χ4n) is 5.25. The van der Waals surface area contributed by atoms with Gasteiger partial charge >= 0.3 is 0 Å². The van der Waals surface area contributed by atoms with Crippen molar-refractivity contribution in [2.45, 2.75) is 26.4 Å². The molecule has 0 spiro atoms. The van der Waals surface area contributed by atoms with Gasteiger partial charge in [0.15, 0.2) is 0 Å². The molecule has 0 amide bonds.